The van der Waals surface area contributed by atoms with Gasteiger partial charge < -0.3 is 24.4 Å². The van der Waals surface area contributed by atoms with Crippen LogP contribution in [-0.2, 0) is 0 Å². The molecule has 0 aliphatic carbocycles. The van der Waals surface area contributed by atoms with Crippen molar-refractivity contribution in [3.63, 3.8) is 0 Å². The minimum atomic E-state index is -0.325. The Labute approximate surface area is 220 Å². The predicted molar refractivity (Wildman–Crippen MR) is 146 cm³/mol. The molecule has 0 unspecified atom stereocenters. The molecule has 0 heterocycles. The second kappa shape index (κ2) is 12.3. The molecule has 0 saturated heterocycles. The number of ether oxygens (including phenoxy) is 3. The minimum absolute atomic E-state index is 0.325. The van der Waals surface area contributed by atoms with Crippen LogP contribution >= 0.6 is 23.2 Å². The predicted octanol–water partition coefficient (Wildman–Crippen LogP) is 6.24. The molecule has 1 amide bonds. The second-order valence-corrected chi connectivity index (χ2v) is 8.53. The van der Waals surface area contributed by atoms with Crippen LogP contribution in [0.3, 0.4) is 0 Å². The molecule has 8 nitrogen and oxygen atoms in total. The molecule has 0 aliphatic heterocycles. The van der Waals surface area contributed by atoms with E-state index in [2.05, 4.69) is 15.3 Å². The van der Waals surface area contributed by atoms with Crippen LogP contribution in [0.1, 0.15) is 15.9 Å². The van der Waals surface area contributed by atoms with Crippen LogP contribution in [0.5, 0.6) is 17.2 Å². The van der Waals surface area contributed by atoms with Gasteiger partial charge in [-0.1, -0.05) is 35.3 Å². The van der Waals surface area contributed by atoms with E-state index in [1.807, 2.05) is 26.2 Å². The smallest absolute Gasteiger partial charge is 0.255 e. The highest BCUT2D eigenvalue weighted by Gasteiger charge is 2.17. The van der Waals surface area contributed by atoms with E-state index >= 15 is 0 Å². The van der Waals surface area contributed by atoms with Gasteiger partial charge in [0.1, 0.15) is 0 Å². The van der Waals surface area contributed by atoms with Crippen molar-refractivity contribution in [2.24, 2.45) is 9.98 Å². The van der Waals surface area contributed by atoms with Gasteiger partial charge in [-0.15, -0.1) is 0 Å². The molecule has 10 heteroatoms. The zero-order chi connectivity index (χ0) is 26.2. The first-order valence-corrected chi connectivity index (χ1v) is 11.5. The third-order valence-electron chi connectivity index (χ3n) is 4.89. The molecule has 0 bridgehead atoms. The minimum Gasteiger partial charge on any atom is -0.493 e. The summed E-state index contributed by atoms with van der Waals surface area (Å²) in [5, 5.41) is 3.72. The summed E-state index contributed by atoms with van der Waals surface area (Å²) in [6, 6.07) is 13.7. The molecule has 36 heavy (non-hydrogen) atoms. The zero-order valence-corrected chi connectivity index (χ0v) is 22.0. The van der Waals surface area contributed by atoms with E-state index in [1.54, 1.807) is 53.9 Å². The van der Waals surface area contributed by atoms with Gasteiger partial charge >= 0.3 is 0 Å². The zero-order valence-electron chi connectivity index (χ0n) is 20.5. The molecular weight excluding hydrogens is 503 g/mol. The van der Waals surface area contributed by atoms with Gasteiger partial charge in [0.05, 0.1) is 49.1 Å². The number of benzene rings is 3. The summed E-state index contributed by atoms with van der Waals surface area (Å²) in [4.78, 5) is 23.3. The van der Waals surface area contributed by atoms with E-state index in [0.717, 1.165) is 5.56 Å². The summed E-state index contributed by atoms with van der Waals surface area (Å²) in [5.41, 5.74) is 2.85. The topological polar surface area (TPSA) is 84.8 Å². The van der Waals surface area contributed by atoms with Crippen molar-refractivity contribution >= 4 is 58.7 Å². The van der Waals surface area contributed by atoms with Crippen LogP contribution in [-0.4, -0.2) is 58.8 Å². The summed E-state index contributed by atoms with van der Waals surface area (Å²) in [7, 11) is 8.22. The standard InChI is InChI=1S/C26H26Cl2N4O4/c1-32(2)15-30-22-13-19(27)21(12-20(22)28)29-14-16-6-8-18(9-7-16)31-26(33)17-10-23(34-3)25(36-5)24(11-17)35-4/h6-15H,1-5H3,(H,31,33)/b29-14+,30-15+. The van der Waals surface area contributed by atoms with Gasteiger partial charge in [0.2, 0.25) is 5.75 Å². The maximum absolute atomic E-state index is 12.8. The Morgan fingerprint density at radius 1 is 0.861 bits per heavy atom. The first-order chi connectivity index (χ1) is 17.2. The fourth-order valence-electron chi connectivity index (χ4n) is 3.11. The maximum atomic E-state index is 12.8. The Morgan fingerprint density at radius 3 is 1.92 bits per heavy atom. The van der Waals surface area contributed by atoms with Crippen LogP contribution in [0, 0.1) is 0 Å². The Balaban J connectivity index is 1.73. The molecule has 188 valence electrons. The van der Waals surface area contributed by atoms with Crippen LogP contribution in [0.2, 0.25) is 10.0 Å². The van der Waals surface area contributed by atoms with Crippen molar-refractivity contribution in [2.75, 3.05) is 40.7 Å². The van der Waals surface area contributed by atoms with Crippen LogP contribution in [0.4, 0.5) is 17.1 Å². The number of methoxy groups -OCH3 is 3. The number of hydrogen-bond donors (Lipinski definition) is 1. The summed E-state index contributed by atoms with van der Waals surface area (Å²) in [6.45, 7) is 0. The number of anilines is 1. The summed E-state index contributed by atoms with van der Waals surface area (Å²) in [5.74, 6) is 0.876. The lowest BCUT2D eigenvalue weighted by molar-refractivity contribution is 0.102. The highest BCUT2D eigenvalue weighted by Crippen LogP contribution is 2.38. The highest BCUT2D eigenvalue weighted by atomic mass is 35.5. The molecule has 0 radical (unpaired) electrons. The number of carbonyl (C=O) groups is 1. The van der Waals surface area contributed by atoms with Crippen LogP contribution in [0.25, 0.3) is 0 Å². The number of aliphatic imine (C=N–C) groups is 2. The van der Waals surface area contributed by atoms with Gasteiger partial charge in [0, 0.05) is 31.6 Å². The quantitative estimate of drug-likeness (QED) is 0.262. The Kier molecular flexibility index (Phi) is 9.16. The van der Waals surface area contributed by atoms with Crippen molar-refractivity contribution in [1.29, 1.82) is 0 Å². The SMILES string of the molecule is COc1cc(C(=O)Nc2ccc(/C=N/c3cc(Cl)c(/N=C/N(C)C)cc3Cl)cc2)cc(OC)c1OC. The van der Waals surface area contributed by atoms with Crippen molar-refractivity contribution in [2.45, 2.75) is 0 Å². The number of nitrogens with one attached hydrogen (secondary N) is 1. The van der Waals surface area contributed by atoms with E-state index in [0.29, 0.717) is 49.9 Å². The lowest BCUT2D eigenvalue weighted by Crippen LogP contribution is -2.12. The normalized spacial score (nSPS) is 11.1. The number of halogens is 2. The van der Waals surface area contributed by atoms with Gasteiger partial charge in [-0.3, -0.25) is 9.79 Å². The molecule has 3 rings (SSSR count). The third kappa shape index (κ3) is 6.68. The van der Waals surface area contributed by atoms with Crippen molar-refractivity contribution in [3.05, 3.63) is 69.7 Å². The van der Waals surface area contributed by atoms with E-state index in [9.17, 15) is 4.79 Å². The number of carbonyl (C=O) groups excluding carboxylic acids is 1. The molecule has 0 fully saturated rings. The van der Waals surface area contributed by atoms with Gasteiger partial charge in [0.15, 0.2) is 11.5 Å². The maximum Gasteiger partial charge on any atom is 0.255 e. The molecule has 0 aromatic heterocycles. The molecule has 0 atom stereocenters. The number of nitrogens with zero attached hydrogens (tertiary/aromatic N) is 3. The molecular formula is C26H26Cl2N4O4. The third-order valence-corrected chi connectivity index (χ3v) is 5.50. The van der Waals surface area contributed by atoms with Crippen LogP contribution < -0.4 is 19.5 Å². The molecule has 0 aliphatic rings. The first-order valence-electron chi connectivity index (χ1n) is 10.7. The lowest BCUT2D eigenvalue weighted by atomic mass is 10.1. The van der Waals surface area contributed by atoms with Crippen LogP contribution in [0.15, 0.2) is 58.5 Å². The molecule has 0 spiro atoms. The fraction of sp³-hybridized carbons (Fsp3) is 0.192. The molecule has 3 aromatic carbocycles. The van der Waals surface area contributed by atoms with E-state index in [4.69, 9.17) is 37.4 Å². The summed E-state index contributed by atoms with van der Waals surface area (Å²) in [6.07, 6.45) is 3.30. The van der Waals surface area contributed by atoms with E-state index in [1.165, 1.54) is 21.3 Å². The number of hydrogen-bond acceptors (Lipinski definition) is 6. The molecule has 0 saturated carbocycles. The van der Waals surface area contributed by atoms with Gasteiger partial charge in [-0.05, 0) is 42.0 Å². The van der Waals surface area contributed by atoms with Crippen molar-refractivity contribution in [3.8, 4) is 17.2 Å². The average molecular weight is 529 g/mol. The Bertz CT molecular complexity index is 1270. The largest absolute Gasteiger partial charge is 0.493 e. The lowest BCUT2D eigenvalue weighted by Gasteiger charge is -2.14. The number of amides is 1. The molecule has 1 N–H and O–H groups in total. The fourth-order valence-corrected chi connectivity index (χ4v) is 3.53. The van der Waals surface area contributed by atoms with E-state index in [-0.39, 0.29) is 5.91 Å². The van der Waals surface area contributed by atoms with Gasteiger partial charge in [-0.25, -0.2) is 4.99 Å². The highest BCUT2D eigenvalue weighted by molar-refractivity contribution is 6.37. The van der Waals surface area contributed by atoms with Gasteiger partial charge in [-0.2, -0.15) is 0 Å². The van der Waals surface area contributed by atoms with Crippen molar-refractivity contribution in [1.82, 2.24) is 4.90 Å². The van der Waals surface area contributed by atoms with E-state index < -0.39 is 0 Å². The second-order valence-electron chi connectivity index (χ2n) is 7.71. The average Bonchev–Trinajstić information content (AvgIpc) is 2.87. The first kappa shape index (κ1) is 26.8. The monoisotopic (exact) mass is 528 g/mol. The van der Waals surface area contributed by atoms with Gasteiger partial charge in [0.25, 0.3) is 5.91 Å². The summed E-state index contributed by atoms with van der Waals surface area (Å²) >= 11 is 12.7. The van der Waals surface area contributed by atoms with Crippen molar-refractivity contribution < 1.29 is 19.0 Å². The molecule has 3 aromatic rings. The summed E-state index contributed by atoms with van der Waals surface area (Å²) < 4.78 is 15.9. The number of rotatable bonds is 9. The Hall–Kier alpha value is -3.75. The Morgan fingerprint density at radius 2 is 1.42 bits per heavy atom.